The normalized spacial score (nSPS) is 10.6. The van der Waals surface area contributed by atoms with Crippen molar-refractivity contribution in [1.29, 1.82) is 0 Å². The molecule has 0 bridgehead atoms. The first kappa shape index (κ1) is 14.7. The van der Waals surface area contributed by atoms with Crippen LogP contribution in [0.5, 0.6) is 0 Å². The summed E-state index contributed by atoms with van der Waals surface area (Å²) in [6.45, 7) is 1.93. The molecule has 1 heterocycles. The van der Waals surface area contributed by atoms with Crippen molar-refractivity contribution in [2.45, 2.75) is 13.3 Å². The third-order valence-electron chi connectivity index (χ3n) is 3.48. The topological polar surface area (TPSA) is 47.8 Å². The van der Waals surface area contributed by atoms with Gasteiger partial charge in [-0.3, -0.25) is 4.79 Å². The first-order valence-electron chi connectivity index (χ1n) is 6.89. The second-order valence-electron chi connectivity index (χ2n) is 4.99. The van der Waals surface area contributed by atoms with Crippen molar-refractivity contribution in [2.24, 2.45) is 0 Å². The van der Waals surface area contributed by atoms with Crippen molar-refractivity contribution in [3.05, 3.63) is 75.5 Å². The van der Waals surface area contributed by atoms with E-state index in [0.29, 0.717) is 12.0 Å². The summed E-state index contributed by atoms with van der Waals surface area (Å²) in [7, 11) is 0. The summed E-state index contributed by atoms with van der Waals surface area (Å²) in [6, 6.07) is 15.4. The molecule has 0 saturated heterocycles. The van der Waals surface area contributed by atoms with Crippen LogP contribution >= 0.6 is 15.9 Å². The van der Waals surface area contributed by atoms with E-state index < -0.39 is 0 Å². The molecule has 3 aromatic rings. The molecule has 1 aromatic heterocycles. The molecule has 0 radical (unpaired) electrons. The summed E-state index contributed by atoms with van der Waals surface area (Å²) >= 11 is 3.41. The van der Waals surface area contributed by atoms with Gasteiger partial charge in [-0.1, -0.05) is 40.2 Å². The molecule has 2 aromatic carbocycles. The Bertz CT molecular complexity index is 809. The molecule has 22 heavy (non-hydrogen) atoms. The number of halogens is 1. The van der Waals surface area contributed by atoms with Crippen LogP contribution in [0.4, 0.5) is 0 Å². The molecule has 0 spiro atoms. The van der Waals surface area contributed by atoms with Crippen LogP contribution in [0.2, 0.25) is 0 Å². The van der Waals surface area contributed by atoms with Gasteiger partial charge in [0.25, 0.3) is 0 Å². The van der Waals surface area contributed by atoms with Crippen LogP contribution in [0.25, 0.3) is 5.69 Å². The molecule has 5 heteroatoms. The lowest BCUT2D eigenvalue weighted by Gasteiger charge is -2.02. The number of hydrogen-bond donors (Lipinski definition) is 0. The molecule has 0 saturated carbocycles. The Morgan fingerprint density at radius 3 is 2.55 bits per heavy atom. The summed E-state index contributed by atoms with van der Waals surface area (Å²) < 4.78 is 1.01. The highest BCUT2D eigenvalue weighted by atomic mass is 79.9. The molecule has 0 amide bonds. The van der Waals surface area contributed by atoms with E-state index in [1.165, 1.54) is 0 Å². The Labute approximate surface area is 136 Å². The monoisotopic (exact) mass is 355 g/mol. The maximum absolute atomic E-state index is 11.1. The van der Waals surface area contributed by atoms with Gasteiger partial charge in [0, 0.05) is 16.5 Å². The zero-order valence-corrected chi connectivity index (χ0v) is 13.6. The Kier molecular flexibility index (Phi) is 4.15. The molecule has 0 N–H and O–H groups in total. The standard InChI is InChI=1S/C17H14BrN3O/c1-12-17(10-13-4-2-3-5-14(13)11-22)20-21(19-12)16-8-6-15(18)7-9-16/h2-9,11H,10H2,1H3. The van der Waals surface area contributed by atoms with E-state index in [9.17, 15) is 4.79 Å². The molecule has 3 rings (SSSR count). The van der Waals surface area contributed by atoms with Crippen LogP contribution in [0, 0.1) is 6.92 Å². The van der Waals surface area contributed by atoms with E-state index in [2.05, 4.69) is 26.1 Å². The maximum atomic E-state index is 11.1. The third kappa shape index (κ3) is 2.99. The van der Waals surface area contributed by atoms with Gasteiger partial charge in [-0.2, -0.15) is 15.0 Å². The van der Waals surface area contributed by atoms with E-state index in [4.69, 9.17) is 0 Å². The fourth-order valence-electron chi connectivity index (χ4n) is 2.25. The SMILES string of the molecule is Cc1nn(-c2ccc(Br)cc2)nc1Cc1ccccc1C=O. The van der Waals surface area contributed by atoms with Crippen molar-refractivity contribution in [3.63, 3.8) is 0 Å². The number of rotatable bonds is 4. The number of nitrogens with zero attached hydrogens (tertiary/aromatic N) is 3. The van der Waals surface area contributed by atoms with Crippen molar-refractivity contribution < 1.29 is 4.79 Å². The third-order valence-corrected chi connectivity index (χ3v) is 4.00. The van der Waals surface area contributed by atoms with Crippen LogP contribution in [-0.2, 0) is 6.42 Å². The first-order chi connectivity index (χ1) is 10.7. The average molecular weight is 356 g/mol. The molecule has 0 aliphatic rings. The zero-order chi connectivity index (χ0) is 15.5. The van der Waals surface area contributed by atoms with Crippen molar-refractivity contribution in [1.82, 2.24) is 15.0 Å². The molecular weight excluding hydrogens is 342 g/mol. The molecule has 0 unspecified atom stereocenters. The quantitative estimate of drug-likeness (QED) is 0.669. The van der Waals surface area contributed by atoms with E-state index in [0.717, 1.165) is 33.4 Å². The number of aryl methyl sites for hydroxylation is 1. The van der Waals surface area contributed by atoms with Crippen LogP contribution in [-0.4, -0.2) is 21.3 Å². The largest absolute Gasteiger partial charge is 0.298 e. The molecule has 110 valence electrons. The highest BCUT2D eigenvalue weighted by molar-refractivity contribution is 9.10. The number of hydrogen-bond acceptors (Lipinski definition) is 3. The Balaban J connectivity index is 1.92. The minimum Gasteiger partial charge on any atom is -0.298 e. The fourth-order valence-corrected chi connectivity index (χ4v) is 2.52. The maximum Gasteiger partial charge on any atom is 0.150 e. The van der Waals surface area contributed by atoms with Gasteiger partial charge in [-0.15, -0.1) is 0 Å². The summed E-state index contributed by atoms with van der Waals surface area (Å²) in [5, 5.41) is 9.02. The Morgan fingerprint density at radius 1 is 1.09 bits per heavy atom. The number of carbonyl (C=O) groups excluding carboxylic acids is 1. The second kappa shape index (κ2) is 6.23. The second-order valence-corrected chi connectivity index (χ2v) is 5.91. The van der Waals surface area contributed by atoms with Crippen LogP contribution in [0.1, 0.15) is 27.3 Å². The van der Waals surface area contributed by atoms with Gasteiger partial charge in [0.1, 0.15) is 6.29 Å². The first-order valence-corrected chi connectivity index (χ1v) is 7.68. The summed E-state index contributed by atoms with van der Waals surface area (Å²) in [5.74, 6) is 0. The van der Waals surface area contributed by atoms with Crippen LogP contribution < -0.4 is 0 Å². The van der Waals surface area contributed by atoms with Gasteiger partial charge in [0.05, 0.1) is 17.1 Å². The molecule has 0 aliphatic heterocycles. The minimum atomic E-state index is 0.595. The Hall–Kier alpha value is -2.27. The number of benzene rings is 2. The molecule has 0 fully saturated rings. The van der Waals surface area contributed by atoms with Gasteiger partial charge < -0.3 is 0 Å². The van der Waals surface area contributed by atoms with Crippen molar-refractivity contribution >= 4 is 22.2 Å². The van der Waals surface area contributed by atoms with Gasteiger partial charge in [0.2, 0.25) is 0 Å². The number of aldehydes is 1. The summed E-state index contributed by atoms with van der Waals surface area (Å²) in [4.78, 5) is 12.7. The predicted octanol–water partition coefficient (Wildman–Crippen LogP) is 3.74. The highest BCUT2D eigenvalue weighted by Crippen LogP contribution is 2.17. The van der Waals surface area contributed by atoms with Gasteiger partial charge in [-0.25, -0.2) is 0 Å². The predicted molar refractivity (Wildman–Crippen MR) is 88.4 cm³/mol. The Morgan fingerprint density at radius 2 is 1.82 bits per heavy atom. The summed E-state index contributed by atoms with van der Waals surface area (Å²) in [5.41, 5.74) is 4.30. The van der Waals surface area contributed by atoms with E-state index >= 15 is 0 Å². The lowest BCUT2D eigenvalue weighted by Crippen LogP contribution is -2.00. The van der Waals surface area contributed by atoms with E-state index in [1.807, 2.05) is 55.5 Å². The smallest absolute Gasteiger partial charge is 0.150 e. The van der Waals surface area contributed by atoms with Gasteiger partial charge >= 0.3 is 0 Å². The van der Waals surface area contributed by atoms with E-state index in [1.54, 1.807) is 4.80 Å². The average Bonchev–Trinajstić information content (AvgIpc) is 2.89. The lowest BCUT2D eigenvalue weighted by atomic mass is 10.0. The van der Waals surface area contributed by atoms with E-state index in [-0.39, 0.29) is 0 Å². The van der Waals surface area contributed by atoms with Gasteiger partial charge in [0.15, 0.2) is 0 Å². The number of aromatic nitrogens is 3. The zero-order valence-electron chi connectivity index (χ0n) is 12.0. The highest BCUT2D eigenvalue weighted by Gasteiger charge is 2.11. The van der Waals surface area contributed by atoms with Gasteiger partial charge in [-0.05, 0) is 36.8 Å². The van der Waals surface area contributed by atoms with Crippen LogP contribution in [0.15, 0.2) is 53.0 Å². The molecule has 0 aliphatic carbocycles. The van der Waals surface area contributed by atoms with Crippen LogP contribution in [0.3, 0.4) is 0 Å². The number of carbonyl (C=O) groups is 1. The fraction of sp³-hybridized carbons (Fsp3) is 0.118. The molecule has 4 nitrogen and oxygen atoms in total. The molecular formula is C17H14BrN3O. The summed E-state index contributed by atoms with van der Waals surface area (Å²) in [6.07, 6.45) is 1.47. The minimum absolute atomic E-state index is 0.595. The van der Waals surface area contributed by atoms with Crippen molar-refractivity contribution in [3.8, 4) is 5.69 Å². The van der Waals surface area contributed by atoms with Crippen molar-refractivity contribution in [2.75, 3.05) is 0 Å². The lowest BCUT2D eigenvalue weighted by molar-refractivity contribution is 0.112. The molecule has 0 atom stereocenters.